The SMILES string of the molecule is Cc1nc(Cc2ccc(-c3ccccc3)cc2)c(C(=O)O)s1. The molecule has 1 aromatic heterocycles. The molecule has 1 N–H and O–H groups in total. The van der Waals surface area contributed by atoms with Gasteiger partial charge in [-0.2, -0.15) is 0 Å². The molecule has 2 aromatic carbocycles. The van der Waals surface area contributed by atoms with E-state index < -0.39 is 5.97 Å². The Balaban J connectivity index is 1.84. The smallest absolute Gasteiger partial charge is 0.347 e. The zero-order valence-electron chi connectivity index (χ0n) is 12.1. The topological polar surface area (TPSA) is 50.2 Å². The number of carbonyl (C=O) groups is 1. The van der Waals surface area contributed by atoms with Gasteiger partial charge in [0.25, 0.3) is 0 Å². The number of aromatic nitrogens is 1. The van der Waals surface area contributed by atoms with E-state index in [-0.39, 0.29) is 0 Å². The predicted molar refractivity (Wildman–Crippen MR) is 88.5 cm³/mol. The Kier molecular flexibility index (Phi) is 4.02. The number of hydrogen-bond donors (Lipinski definition) is 1. The first-order valence-electron chi connectivity index (χ1n) is 6.97. The second-order valence-corrected chi connectivity index (χ2v) is 6.26. The first-order chi connectivity index (χ1) is 10.6. The van der Waals surface area contributed by atoms with Crippen LogP contribution in [0.5, 0.6) is 0 Å². The molecule has 3 nitrogen and oxygen atoms in total. The number of thiazole rings is 1. The molecule has 110 valence electrons. The molecular weight excluding hydrogens is 294 g/mol. The summed E-state index contributed by atoms with van der Waals surface area (Å²) in [5, 5.41) is 10.0. The summed E-state index contributed by atoms with van der Waals surface area (Å²) in [5.41, 5.74) is 4.02. The van der Waals surface area contributed by atoms with Crippen molar-refractivity contribution in [3.05, 3.63) is 75.7 Å². The average molecular weight is 309 g/mol. The third-order valence-corrected chi connectivity index (χ3v) is 4.43. The molecule has 0 bridgehead atoms. The van der Waals surface area contributed by atoms with Crippen LogP contribution in [-0.4, -0.2) is 16.1 Å². The molecule has 0 unspecified atom stereocenters. The van der Waals surface area contributed by atoms with Crippen LogP contribution in [0.3, 0.4) is 0 Å². The van der Waals surface area contributed by atoms with Gasteiger partial charge in [-0.3, -0.25) is 0 Å². The quantitative estimate of drug-likeness (QED) is 0.776. The fourth-order valence-corrected chi connectivity index (χ4v) is 3.17. The summed E-state index contributed by atoms with van der Waals surface area (Å²) in [6, 6.07) is 18.3. The van der Waals surface area contributed by atoms with Crippen LogP contribution in [0.25, 0.3) is 11.1 Å². The van der Waals surface area contributed by atoms with Crippen LogP contribution in [0.1, 0.15) is 25.9 Å². The summed E-state index contributed by atoms with van der Waals surface area (Å²) in [4.78, 5) is 15.9. The molecule has 0 fully saturated rings. The molecule has 0 aliphatic rings. The van der Waals surface area contributed by atoms with Gasteiger partial charge in [-0.25, -0.2) is 9.78 Å². The maximum atomic E-state index is 11.2. The van der Waals surface area contributed by atoms with Gasteiger partial charge < -0.3 is 5.11 Å². The van der Waals surface area contributed by atoms with Gasteiger partial charge in [-0.15, -0.1) is 11.3 Å². The Hall–Kier alpha value is -2.46. The van der Waals surface area contributed by atoms with Crippen molar-refractivity contribution in [3.63, 3.8) is 0 Å². The fraction of sp³-hybridized carbons (Fsp3) is 0.111. The molecule has 1 heterocycles. The van der Waals surface area contributed by atoms with Crippen molar-refractivity contribution in [1.82, 2.24) is 4.98 Å². The molecule has 0 spiro atoms. The Morgan fingerprint density at radius 1 is 1.05 bits per heavy atom. The number of aromatic carboxylic acids is 1. The molecule has 0 aliphatic carbocycles. The van der Waals surface area contributed by atoms with Crippen molar-refractivity contribution in [2.75, 3.05) is 0 Å². The summed E-state index contributed by atoms with van der Waals surface area (Å²) >= 11 is 1.23. The highest BCUT2D eigenvalue weighted by Crippen LogP contribution is 2.23. The summed E-state index contributed by atoms with van der Waals surface area (Å²) < 4.78 is 0. The Labute approximate surface area is 132 Å². The third kappa shape index (κ3) is 3.07. The number of carboxylic acids is 1. The van der Waals surface area contributed by atoms with Gasteiger partial charge in [0.05, 0.1) is 10.7 Å². The maximum absolute atomic E-state index is 11.2. The minimum absolute atomic E-state index is 0.338. The summed E-state index contributed by atoms with van der Waals surface area (Å²) in [7, 11) is 0. The van der Waals surface area contributed by atoms with Crippen molar-refractivity contribution in [2.45, 2.75) is 13.3 Å². The lowest BCUT2D eigenvalue weighted by molar-refractivity contribution is 0.0701. The van der Waals surface area contributed by atoms with Gasteiger partial charge in [0, 0.05) is 6.42 Å². The molecule has 0 saturated heterocycles. The number of nitrogens with zero attached hydrogens (tertiary/aromatic N) is 1. The highest BCUT2D eigenvalue weighted by molar-refractivity contribution is 7.13. The van der Waals surface area contributed by atoms with Crippen LogP contribution in [0.2, 0.25) is 0 Å². The van der Waals surface area contributed by atoms with Crippen LogP contribution in [0.4, 0.5) is 0 Å². The van der Waals surface area contributed by atoms with Gasteiger partial charge in [0.1, 0.15) is 4.88 Å². The van der Waals surface area contributed by atoms with Gasteiger partial charge in [0.2, 0.25) is 0 Å². The number of hydrogen-bond acceptors (Lipinski definition) is 3. The Morgan fingerprint density at radius 3 is 2.32 bits per heavy atom. The molecule has 3 aromatic rings. The zero-order chi connectivity index (χ0) is 15.5. The van der Waals surface area contributed by atoms with E-state index in [2.05, 4.69) is 29.2 Å². The van der Waals surface area contributed by atoms with Gasteiger partial charge >= 0.3 is 5.97 Å². The second-order valence-electron chi connectivity index (χ2n) is 5.05. The highest BCUT2D eigenvalue weighted by atomic mass is 32.1. The number of benzene rings is 2. The number of carboxylic acid groups (broad SMARTS) is 1. The van der Waals surface area contributed by atoms with Crippen LogP contribution in [0.15, 0.2) is 54.6 Å². The van der Waals surface area contributed by atoms with Gasteiger partial charge in [0.15, 0.2) is 0 Å². The monoisotopic (exact) mass is 309 g/mol. The van der Waals surface area contributed by atoms with Crippen molar-refractivity contribution < 1.29 is 9.90 Å². The van der Waals surface area contributed by atoms with Crippen molar-refractivity contribution in [1.29, 1.82) is 0 Å². The first-order valence-corrected chi connectivity index (χ1v) is 7.79. The summed E-state index contributed by atoms with van der Waals surface area (Å²) in [6.07, 6.45) is 0.543. The average Bonchev–Trinajstić information content (AvgIpc) is 2.90. The predicted octanol–water partition coefficient (Wildman–Crippen LogP) is 4.41. The van der Waals surface area contributed by atoms with Crippen LogP contribution < -0.4 is 0 Å². The molecule has 22 heavy (non-hydrogen) atoms. The minimum Gasteiger partial charge on any atom is -0.477 e. The Morgan fingerprint density at radius 2 is 1.68 bits per heavy atom. The molecule has 4 heteroatoms. The third-order valence-electron chi connectivity index (χ3n) is 3.43. The molecule has 0 saturated carbocycles. The van der Waals surface area contributed by atoms with E-state index in [4.69, 9.17) is 0 Å². The molecular formula is C18H15NO2S. The van der Waals surface area contributed by atoms with E-state index >= 15 is 0 Å². The molecule has 0 atom stereocenters. The minimum atomic E-state index is -0.901. The van der Waals surface area contributed by atoms with E-state index in [1.54, 1.807) is 0 Å². The normalized spacial score (nSPS) is 10.6. The largest absolute Gasteiger partial charge is 0.477 e. The Bertz CT molecular complexity index is 792. The molecule has 0 radical (unpaired) electrons. The lowest BCUT2D eigenvalue weighted by Gasteiger charge is -2.04. The summed E-state index contributed by atoms with van der Waals surface area (Å²) in [6.45, 7) is 1.83. The first kappa shape index (κ1) is 14.5. The second kappa shape index (κ2) is 6.12. The maximum Gasteiger partial charge on any atom is 0.347 e. The van der Waals surface area contributed by atoms with E-state index in [0.717, 1.165) is 16.1 Å². The summed E-state index contributed by atoms with van der Waals surface area (Å²) in [5.74, 6) is -0.901. The lowest BCUT2D eigenvalue weighted by Crippen LogP contribution is -2.00. The van der Waals surface area contributed by atoms with E-state index in [1.165, 1.54) is 16.9 Å². The highest BCUT2D eigenvalue weighted by Gasteiger charge is 2.15. The number of aryl methyl sites for hydroxylation is 1. The van der Waals surface area contributed by atoms with Crippen molar-refractivity contribution >= 4 is 17.3 Å². The van der Waals surface area contributed by atoms with E-state index in [1.807, 2.05) is 37.3 Å². The van der Waals surface area contributed by atoms with Crippen LogP contribution in [-0.2, 0) is 6.42 Å². The van der Waals surface area contributed by atoms with Gasteiger partial charge in [-0.05, 0) is 23.6 Å². The van der Waals surface area contributed by atoms with Crippen molar-refractivity contribution in [3.8, 4) is 11.1 Å². The van der Waals surface area contributed by atoms with Crippen LogP contribution >= 0.6 is 11.3 Å². The van der Waals surface area contributed by atoms with Gasteiger partial charge in [-0.1, -0.05) is 54.6 Å². The van der Waals surface area contributed by atoms with E-state index in [0.29, 0.717) is 17.0 Å². The van der Waals surface area contributed by atoms with Crippen molar-refractivity contribution in [2.24, 2.45) is 0 Å². The number of rotatable bonds is 4. The standard InChI is InChI=1S/C18H15NO2S/c1-12-19-16(17(22-12)18(20)21)11-13-7-9-15(10-8-13)14-5-3-2-4-6-14/h2-10H,11H2,1H3,(H,20,21). The zero-order valence-corrected chi connectivity index (χ0v) is 12.9. The lowest BCUT2D eigenvalue weighted by atomic mass is 10.0. The molecule has 0 amide bonds. The van der Waals surface area contributed by atoms with E-state index in [9.17, 15) is 9.90 Å². The van der Waals surface area contributed by atoms with Crippen LogP contribution in [0, 0.1) is 6.92 Å². The fourth-order valence-electron chi connectivity index (χ4n) is 2.40. The molecule has 3 rings (SSSR count). The molecule has 0 aliphatic heterocycles.